The first kappa shape index (κ1) is 12.0. The maximum atomic E-state index is 12.1. The number of fused-ring (bicyclic) bond motifs is 5. The fourth-order valence-corrected chi connectivity index (χ4v) is 2.33. The standard InChI is InChI=1S/C12H7F3O4/c13-12(14,15)19-5-1-2-6-7(3-5)9-4-8(11(16)17)10(6)18-9/h1-4,9-10H,(H,16,17)/t9-,10-/m1/s1. The Morgan fingerprint density at radius 2 is 2.05 bits per heavy atom. The summed E-state index contributed by atoms with van der Waals surface area (Å²) >= 11 is 0. The number of carbonyl (C=O) groups is 1. The Bertz CT molecular complexity index is 591. The lowest BCUT2D eigenvalue weighted by molar-refractivity contribution is -0.274. The summed E-state index contributed by atoms with van der Waals surface area (Å²) in [7, 11) is 0. The minimum atomic E-state index is -4.76. The molecule has 2 aliphatic rings. The number of hydrogen-bond donors (Lipinski definition) is 1. The van der Waals surface area contributed by atoms with E-state index in [9.17, 15) is 18.0 Å². The number of aliphatic carboxylic acids is 1. The minimum Gasteiger partial charge on any atom is -0.478 e. The van der Waals surface area contributed by atoms with Gasteiger partial charge in [0.25, 0.3) is 0 Å². The van der Waals surface area contributed by atoms with Crippen LogP contribution in [-0.4, -0.2) is 17.4 Å². The van der Waals surface area contributed by atoms with Gasteiger partial charge >= 0.3 is 12.3 Å². The van der Waals surface area contributed by atoms with E-state index >= 15 is 0 Å². The summed E-state index contributed by atoms with van der Waals surface area (Å²) in [5, 5.41) is 8.95. The van der Waals surface area contributed by atoms with Gasteiger partial charge in [-0.05, 0) is 29.3 Å². The highest BCUT2D eigenvalue weighted by Gasteiger charge is 2.42. The Hall–Kier alpha value is -2.02. The molecule has 0 unspecified atom stereocenters. The number of carboxylic acids is 1. The zero-order valence-electron chi connectivity index (χ0n) is 9.27. The van der Waals surface area contributed by atoms with Crippen LogP contribution in [0.2, 0.25) is 0 Å². The van der Waals surface area contributed by atoms with Crippen LogP contribution in [-0.2, 0) is 9.53 Å². The summed E-state index contributed by atoms with van der Waals surface area (Å²) in [6, 6.07) is 3.77. The molecule has 1 N–H and O–H groups in total. The van der Waals surface area contributed by atoms with Crippen LogP contribution in [0.5, 0.6) is 5.75 Å². The first-order chi connectivity index (χ1) is 8.85. The molecule has 0 saturated heterocycles. The molecule has 1 aromatic carbocycles. The Morgan fingerprint density at radius 3 is 2.68 bits per heavy atom. The molecule has 0 aliphatic carbocycles. The van der Waals surface area contributed by atoms with Gasteiger partial charge in [0.2, 0.25) is 0 Å². The molecule has 2 bridgehead atoms. The SMILES string of the molecule is O=C(O)C1=C[C@H]2O[C@@H]1c1ccc(OC(F)(F)F)cc12. The van der Waals surface area contributed by atoms with Gasteiger partial charge in [0.15, 0.2) is 0 Å². The van der Waals surface area contributed by atoms with Crippen LogP contribution < -0.4 is 4.74 Å². The molecule has 0 aromatic heterocycles. The van der Waals surface area contributed by atoms with E-state index in [0.717, 1.165) is 6.07 Å². The Kier molecular flexibility index (Phi) is 2.37. The number of rotatable bonds is 2. The van der Waals surface area contributed by atoms with Gasteiger partial charge in [-0.15, -0.1) is 13.2 Å². The van der Waals surface area contributed by atoms with Gasteiger partial charge in [0.05, 0.1) is 5.57 Å². The van der Waals surface area contributed by atoms with Crippen molar-refractivity contribution in [1.29, 1.82) is 0 Å². The molecule has 7 heteroatoms. The van der Waals surface area contributed by atoms with Crippen molar-refractivity contribution in [2.45, 2.75) is 18.6 Å². The van der Waals surface area contributed by atoms with E-state index in [1.54, 1.807) is 0 Å². The maximum absolute atomic E-state index is 12.1. The Balaban J connectivity index is 1.93. The zero-order chi connectivity index (χ0) is 13.8. The molecule has 2 atom stereocenters. The normalized spacial score (nSPS) is 24.1. The van der Waals surface area contributed by atoms with E-state index in [1.807, 2.05) is 0 Å². The molecule has 2 aliphatic heterocycles. The van der Waals surface area contributed by atoms with Crippen molar-refractivity contribution < 1.29 is 32.5 Å². The fraction of sp³-hybridized carbons (Fsp3) is 0.250. The van der Waals surface area contributed by atoms with Crippen LogP contribution >= 0.6 is 0 Å². The smallest absolute Gasteiger partial charge is 0.478 e. The third-order valence-electron chi connectivity index (χ3n) is 3.02. The van der Waals surface area contributed by atoms with Crippen LogP contribution in [0.15, 0.2) is 29.8 Å². The van der Waals surface area contributed by atoms with Gasteiger partial charge in [-0.25, -0.2) is 4.79 Å². The van der Waals surface area contributed by atoms with Gasteiger partial charge in [0.1, 0.15) is 18.0 Å². The van der Waals surface area contributed by atoms with Gasteiger partial charge in [-0.1, -0.05) is 6.07 Å². The lowest BCUT2D eigenvalue weighted by atomic mass is 9.91. The first-order valence-corrected chi connectivity index (χ1v) is 5.35. The second-order valence-electron chi connectivity index (χ2n) is 4.20. The van der Waals surface area contributed by atoms with Crippen LogP contribution in [0, 0.1) is 0 Å². The molecule has 1 aromatic rings. The summed E-state index contributed by atoms with van der Waals surface area (Å²) < 4.78 is 45.5. The van der Waals surface area contributed by atoms with Crippen molar-refractivity contribution in [3.05, 3.63) is 41.0 Å². The van der Waals surface area contributed by atoms with Crippen LogP contribution in [0.3, 0.4) is 0 Å². The zero-order valence-corrected chi connectivity index (χ0v) is 9.27. The minimum absolute atomic E-state index is 0.113. The summed E-state index contributed by atoms with van der Waals surface area (Å²) in [5.74, 6) is -1.43. The van der Waals surface area contributed by atoms with Crippen molar-refractivity contribution in [3.63, 3.8) is 0 Å². The summed E-state index contributed by atoms with van der Waals surface area (Å²) in [5.41, 5.74) is 1.19. The van der Waals surface area contributed by atoms with Crippen LogP contribution in [0.1, 0.15) is 23.3 Å². The topological polar surface area (TPSA) is 55.8 Å². The van der Waals surface area contributed by atoms with Crippen molar-refractivity contribution in [3.8, 4) is 5.75 Å². The average Bonchev–Trinajstić information content (AvgIpc) is 2.84. The number of halogens is 3. The maximum Gasteiger partial charge on any atom is 0.573 e. The largest absolute Gasteiger partial charge is 0.573 e. The molecule has 3 rings (SSSR count). The number of alkyl halides is 3. The lowest BCUT2D eigenvalue weighted by Crippen LogP contribution is -2.17. The average molecular weight is 272 g/mol. The highest BCUT2D eigenvalue weighted by Crippen LogP contribution is 2.50. The monoisotopic (exact) mass is 272 g/mol. The second-order valence-corrected chi connectivity index (χ2v) is 4.20. The molecule has 0 amide bonds. The quantitative estimate of drug-likeness (QED) is 0.899. The molecule has 0 saturated carbocycles. The van der Waals surface area contributed by atoms with E-state index < -0.39 is 24.5 Å². The van der Waals surface area contributed by atoms with E-state index in [2.05, 4.69) is 4.74 Å². The lowest BCUT2D eigenvalue weighted by Gasteiger charge is -2.14. The molecular weight excluding hydrogens is 265 g/mol. The summed E-state index contributed by atoms with van der Waals surface area (Å²) in [6.07, 6.45) is -4.69. The summed E-state index contributed by atoms with van der Waals surface area (Å²) in [6.45, 7) is 0. The predicted molar refractivity (Wildman–Crippen MR) is 55.4 cm³/mol. The number of ether oxygens (including phenoxy) is 2. The Labute approximate surface area is 105 Å². The molecule has 0 fully saturated rings. The molecular formula is C12H7F3O4. The van der Waals surface area contributed by atoms with Crippen molar-refractivity contribution >= 4 is 5.97 Å². The molecule has 19 heavy (non-hydrogen) atoms. The van der Waals surface area contributed by atoms with Gasteiger partial charge in [0, 0.05) is 0 Å². The Morgan fingerprint density at radius 1 is 1.32 bits per heavy atom. The van der Waals surface area contributed by atoms with E-state index in [1.165, 1.54) is 18.2 Å². The van der Waals surface area contributed by atoms with E-state index in [4.69, 9.17) is 9.84 Å². The highest BCUT2D eigenvalue weighted by molar-refractivity contribution is 5.89. The molecule has 100 valence electrons. The number of carboxylic acid groups (broad SMARTS) is 1. The molecule has 2 heterocycles. The van der Waals surface area contributed by atoms with Crippen LogP contribution in [0.25, 0.3) is 0 Å². The third-order valence-corrected chi connectivity index (χ3v) is 3.02. The molecule has 4 nitrogen and oxygen atoms in total. The third kappa shape index (κ3) is 1.95. The second kappa shape index (κ2) is 3.74. The van der Waals surface area contributed by atoms with Gasteiger partial charge in [-0.3, -0.25) is 0 Å². The first-order valence-electron chi connectivity index (χ1n) is 5.35. The summed E-state index contributed by atoms with van der Waals surface area (Å²) in [4.78, 5) is 10.9. The van der Waals surface area contributed by atoms with E-state index in [0.29, 0.717) is 11.1 Å². The molecule has 0 radical (unpaired) electrons. The predicted octanol–water partition coefficient (Wildman–Crippen LogP) is 2.72. The van der Waals surface area contributed by atoms with Crippen LogP contribution in [0.4, 0.5) is 13.2 Å². The van der Waals surface area contributed by atoms with Crippen molar-refractivity contribution in [2.24, 2.45) is 0 Å². The van der Waals surface area contributed by atoms with Crippen molar-refractivity contribution in [1.82, 2.24) is 0 Å². The highest BCUT2D eigenvalue weighted by atomic mass is 19.4. The van der Waals surface area contributed by atoms with Gasteiger partial charge < -0.3 is 14.6 Å². The number of benzene rings is 1. The van der Waals surface area contributed by atoms with Gasteiger partial charge in [-0.2, -0.15) is 0 Å². The van der Waals surface area contributed by atoms with E-state index in [-0.39, 0.29) is 11.3 Å². The molecule has 0 spiro atoms. The van der Waals surface area contributed by atoms with Crippen molar-refractivity contribution in [2.75, 3.05) is 0 Å². The number of hydrogen-bond acceptors (Lipinski definition) is 3. The fourth-order valence-electron chi connectivity index (χ4n) is 2.33.